The fraction of sp³-hybridized carbons (Fsp3) is 0.941. The highest BCUT2D eigenvalue weighted by atomic mass is 16.5. The van der Waals surface area contributed by atoms with Gasteiger partial charge < -0.3 is 20.3 Å². The lowest BCUT2D eigenvalue weighted by atomic mass is 9.44. The first-order chi connectivity index (χ1) is 19.6. The highest BCUT2D eigenvalue weighted by Gasteiger charge is 2.68. The molecule has 0 unspecified atom stereocenters. The number of ether oxygens (including phenoxy) is 1. The van der Waals surface area contributed by atoms with Gasteiger partial charge in [0.1, 0.15) is 12.1 Å². The molecule has 3 heterocycles. The first-order valence-electron chi connectivity index (χ1n) is 17.3. The first kappa shape index (κ1) is 28.6. The Morgan fingerprint density at radius 3 is 2.46 bits per heavy atom. The van der Waals surface area contributed by atoms with E-state index in [9.17, 15) is 9.59 Å². The lowest BCUT2D eigenvalue weighted by Gasteiger charge is -2.61. The fourth-order valence-electron chi connectivity index (χ4n) is 12.0. The van der Waals surface area contributed by atoms with Crippen LogP contribution in [0.3, 0.4) is 0 Å². The van der Waals surface area contributed by atoms with E-state index in [1.807, 2.05) is 4.90 Å². The van der Waals surface area contributed by atoms with Crippen LogP contribution in [0.25, 0.3) is 0 Å². The average molecular weight is 569 g/mol. The zero-order chi connectivity index (χ0) is 28.6. The van der Waals surface area contributed by atoms with Gasteiger partial charge in [-0.3, -0.25) is 14.9 Å². The largest absolute Gasteiger partial charge is 0.357 e. The van der Waals surface area contributed by atoms with Gasteiger partial charge in [-0.05, 0) is 111 Å². The van der Waals surface area contributed by atoms with Gasteiger partial charge >= 0.3 is 0 Å². The summed E-state index contributed by atoms with van der Waals surface area (Å²) in [6.07, 6.45) is 12.9. The number of nitrogens with one attached hydrogen (secondary N) is 3. The molecule has 2 amide bonds. The molecule has 7 heteroatoms. The van der Waals surface area contributed by atoms with Gasteiger partial charge in [0.15, 0.2) is 0 Å². The van der Waals surface area contributed by atoms with Crippen molar-refractivity contribution < 1.29 is 14.3 Å². The van der Waals surface area contributed by atoms with Crippen molar-refractivity contribution in [1.29, 1.82) is 0 Å². The van der Waals surface area contributed by atoms with E-state index in [-0.39, 0.29) is 30.0 Å². The zero-order valence-corrected chi connectivity index (χ0v) is 26.2. The molecule has 7 nitrogen and oxygen atoms in total. The molecule has 0 radical (unpaired) electrons. The smallest absolute Gasteiger partial charge is 0.232 e. The summed E-state index contributed by atoms with van der Waals surface area (Å²) in [5.41, 5.74) is 0.716. The van der Waals surface area contributed by atoms with Crippen molar-refractivity contribution in [2.75, 3.05) is 32.7 Å². The van der Waals surface area contributed by atoms with Gasteiger partial charge in [-0.15, -0.1) is 0 Å². The minimum Gasteiger partial charge on any atom is -0.357 e. The third kappa shape index (κ3) is 4.61. The van der Waals surface area contributed by atoms with E-state index in [0.29, 0.717) is 47.8 Å². The predicted molar refractivity (Wildman–Crippen MR) is 160 cm³/mol. The Bertz CT molecular complexity index is 1020. The third-order valence-corrected chi connectivity index (χ3v) is 14.3. The molecule has 3 saturated heterocycles. The zero-order valence-electron chi connectivity index (χ0n) is 26.2. The van der Waals surface area contributed by atoms with Crippen molar-refractivity contribution in [2.45, 2.75) is 116 Å². The Balaban J connectivity index is 0.984. The first-order valence-corrected chi connectivity index (χ1v) is 17.3. The van der Waals surface area contributed by atoms with Gasteiger partial charge in [0.05, 0.1) is 6.10 Å². The van der Waals surface area contributed by atoms with Crippen LogP contribution in [0, 0.1) is 52.3 Å². The van der Waals surface area contributed by atoms with Crippen LogP contribution in [-0.4, -0.2) is 67.3 Å². The number of piperidine rings is 1. The fourth-order valence-corrected chi connectivity index (χ4v) is 12.0. The van der Waals surface area contributed by atoms with E-state index in [0.717, 1.165) is 56.1 Å². The van der Waals surface area contributed by atoms with Crippen molar-refractivity contribution in [3.8, 4) is 0 Å². The molecule has 0 aromatic rings. The van der Waals surface area contributed by atoms with E-state index >= 15 is 0 Å². The molecule has 3 N–H and O–H groups in total. The lowest BCUT2D eigenvalue weighted by molar-refractivity contribution is -0.139. The number of nitrogens with zero attached hydrogens (tertiary/aromatic N) is 1. The molecule has 4 saturated carbocycles. The maximum absolute atomic E-state index is 12.9. The standard InChI is InChI=1S/C34H56N4O3/c1-21-7-12-34(36-20-21)22(2)31-28(41-34)18-27-25-6-5-23-17-24(8-10-32(23,3)26(25)9-11-33(27,31)4)37-29(39)19-30(40)38-15-13-35-14-16-38/h21-28,31,35-36H,5-20H2,1-4H3,(H,37,39)/t21-,22+,23+,24-,25-,26+,27+,28+,31+,32+,33+,34-/m1/s1. The van der Waals surface area contributed by atoms with Crippen molar-refractivity contribution in [1.82, 2.24) is 20.9 Å². The second-order valence-corrected chi connectivity index (χ2v) is 16.2. The molecule has 41 heavy (non-hydrogen) atoms. The van der Waals surface area contributed by atoms with E-state index < -0.39 is 0 Å². The number of hydrogen-bond donors (Lipinski definition) is 3. The second-order valence-electron chi connectivity index (χ2n) is 16.2. The molecule has 0 bridgehead atoms. The summed E-state index contributed by atoms with van der Waals surface area (Å²) >= 11 is 0. The molecule has 7 rings (SSSR count). The average Bonchev–Trinajstić information content (AvgIpc) is 3.40. The molecule has 7 aliphatic rings. The van der Waals surface area contributed by atoms with E-state index in [1.165, 1.54) is 51.4 Å². The van der Waals surface area contributed by atoms with Crippen LogP contribution in [0.5, 0.6) is 0 Å². The summed E-state index contributed by atoms with van der Waals surface area (Å²) < 4.78 is 7.08. The van der Waals surface area contributed by atoms with Crippen molar-refractivity contribution >= 4 is 11.8 Å². The van der Waals surface area contributed by atoms with Gasteiger partial charge in [0, 0.05) is 44.7 Å². The normalized spacial score (nSPS) is 50.9. The second kappa shape index (κ2) is 10.5. The minimum absolute atomic E-state index is 0.00204. The number of rotatable bonds is 3. The molecule has 230 valence electrons. The van der Waals surface area contributed by atoms with Crippen LogP contribution in [0.15, 0.2) is 0 Å². The van der Waals surface area contributed by atoms with Crippen LogP contribution < -0.4 is 16.0 Å². The number of carbonyl (C=O) groups excluding carboxylic acids is 2. The molecule has 7 fully saturated rings. The van der Waals surface area contributed by atoms with Crippen LogP contribution in [0.1, 0.15) is 98.3 Å². The highest BCUT2D eigenvalue weighted by Crippen LogP contribution is 2.71. The number of carbonyl (C=O) groups is 2. The van der Waals surface area contributed by atoms with E-state index in [2.05, 4.69) is 43.6 Å². The molecule has 1 spiro atoms. The van der Waals surface area contributed by atoms with Gasteiger partial charge in [-0.1, -0.05) is 27.7 Å². The van der Waals surface area contributed by atoms with Crippen molar-refractivity contribution in [3.63, 3.8) is 0 Å². The Hall–Kier alpha value is -1.18. The quantitative estimate of drug-likeness (QED) is 0.442. The van der Waals surface area contributed by atoms with Crippen LogP contribution in [-0.2, 0) is 14.3 Å². The topological polar surface area (TPSA) is 82.7 Å². The van der Waals surface area contributed by atoms with Crippen LogP contribution >= 0.6 is 0 Å². The highest BCUT2D eigenvalue weighted by molar-refractivity contribution is 5.97. The Labute approximate surface area is 248 Å². The van der Waals surface area contributed by atoms with Gasteiger partial charge in [0.2, 0.25) is 11.8 Å². The molecule has 0 aromatic heterocycles. The molecular formula is C34H56N4O3. The lowest BCUT2D eigenvalue weighted by Crippen LogP contribution is -2.58. The predicted octanol–water partition coefficient (Wildman–Crippen LogP) is 4.31. The van der Waals surface area contributed by atoms with Crippen LogP contribution in [0.4, 0.5) is 0 Å². The summed E-state index contributed by atoms with van der Waals surface area (Å²) in [4.78, 5) is 27.3. The summed E-state index contributed by atoms with van der Waals surface area (Å²) in [5, 5.41) is 10.5. The molecule has 12 atom stereocenters. The minimum atomic E-state index is -0.0747. The van der Waals surface area contributed by atoms with Crippen LogP contribution in [0.2, 0.25) is 0 Å². The van der Waals surface area contributed by atoms with Gasteiger partial charge in [-0.25, -0.2) is 0 Å². The number of hydrogen-bond acceptors (Lipinski definition) is 5. The Kier molecular flexibility index (Phi) is 7.30. The summed E-state index contributed by atoms with van der Waals surface area (Å²) in [6.45, 7) is 14.3. The molecule has 3 aliphatic heterocycles. The van der Waals surface area contributed by atoms with E-state index in [1.54, 1.807) is 0 Å². The monoisotopic (exact) mass is 568 g/mol. The van der Waals surface area contributed by atoms with Gasteiger partial charge in [-0.2, -0.15) is 0 Å². The molecule has 0 aromatic carbocycles. The SMILES string of the molecule is C[C@@H]1CC[C@@]2(NC1)O[C@H]1C[C@H]3[C@@H]4CC[C@H]5C[C@H](NC(=O)CC(=O)N6CCNCC6)CC[C@]5(C)[C@H]4CC[C@]3(C)[C@H]1[C@@H]2C. The summed E-state index contributed by atoms with van der Waals surface area (Å²) in [7, 11) is 0. The van der Waals surface area contributed by atoms with Crippen molar-refractivity contribution in [3.05, 3.63) is 0 Å². The van der Waals surface area contributed by atoms with Crippen molar-refractivity contribution in [2.24, 2.45) is 52.3 Å². The Morgan fingerprint density at radius 1 is 0.927 bits per heavy atom. The molecule has 4 aliphatic carbocycles. The number of amides is 2. The van der Waals surface area contributed by atoms with E-state index in [4.69, 9.17) is 4.74 Å². The van der Waals surface area contributed by atoms with Gasteiger partial charge in [0.25, 0.3) is 0 Å². The summed E-state index contributed by atoms with van der Waals surface area (Å²) in [5.74, 6) is 5.07. The number of fused-ring (bicyclic) bond motifs is 7. The molecular weight excluding hydrogens is 512 g/mol. The Morgan fingerprint density at radius 2 is 1.71 bits per heavy atom. The third-order valence-electron chi connectivity index (χ3n) is 14.3. The maximum Gasteiger partial charge on any atom is 0.232 e. The maximum atomic E-state index is 12.9. The number of piperazine rings is 1. The summed E-state index contributed by atoms with van der Waals surface area (Å²) in [6, 6.07) is 0.226.